The molecule has 0 aliphatic heterocycles. The van der Waals surface area contributed by atoms with Crippen LogP contribution in [-0.2, 0) is 0 Å². The summed E-state index contributed by atoms with van der Waals surface area (Å²) in [6, 6.07) is 0. The SMILES string of the molecule is CCCCC#CC(F)(F)F. The zero-order valence-electron chi connectivity index (χ0n) is 5.76. The molecule has 0 aliphatic carbocycles. The molecule has 3 heteroatoms. The van der Waals surface area contributed by atoms with E-state index in [2.05, 4.69) is 5.92 Å². The number of rotatable bonds is 2. The quantitative estimate of drug-likeness (QED) is 0.419. The molecule has 0 atom stereocenters. The van der Waals surface area contributed by atoms with E-state index in [4.69, 9.17) is 0 Å². The molecule has 0 rings (SSSR count). The van der Waals surface area contributed by atoms with Gasteiger partial charge < -0.3 is 0 Å². The summed E-state index contributed by atoms with van der Waals surface area (Å²) in [4.78, 5) is 0. The Morgan fingerprint density at radius 2 is 1.90 bits per heavy atom. The number of alkyl halides is 3. The topological polar surface area (TPSA) is 0 Å². The van der Waals surface area contributed by atoms with Gasteiger partial charge in [-0.15, -0.1) is 0 Å². The van der Waals surface area contributed by atoms with Crippen molar-refractivity contribution in [3.05, 3.63) is 0 Å². The molecule has 0 amide bonds. The van der Waals surface area contributed by atoms with Gasteiger partial charge in [0.15, 0.2) is 0 Å². The Morgan fingerprint density at radius 1 is 1.30 bits per heavy atom. The van der Waals surface area contributed by atoms with E-state index in [-0.39, 0.29) is 0 Å². The summed E-state index contributed by atoms with van der Waals surface area (Å²) in [5.41, 5.74) is 0. The average molecular weight is 150 g/mol. The average Bonchev–Trinajstić information content (AvgIpc) is 1.78. The maximum Gasteiger partial charge on any atom is 0.457 e. The number of unbranched alkanes of at least 4 members (excludes halogenated alkanes) is 2. The molecule has 0 saturated carbocycles. The minimum atomic E-state index is -4.31. The molecule has 0 aromatic carbocycles. The van der Waals surface area contributed by atoms with Crippen LogP contribution in [0.25, 0.3) is 0 Å². The molecular weight excluding hydrogens is 141 g/mol. The lowest BCUT2D eigenvalue weighted by Crippen LogP contribution is -2.01. The van der Waals surface area contributed by atoms with Gasteiger partial charge in [0, 0.05) is 12.3 Å². The van der Waals surface area contributed by atoms with E-state index in [1.807, 2.05) is 6.92 Å². The Morgan fingerprint density at radius 3 is 2.30 bits per heavy atom. The van der Waals surface area contributed by atoms with Crippen LogP contribution in [0.1, 0.15) is 26.2 Å². The van der Waals surface area contributed by atoms with Crippen LogP contribution in [0.15, 0.2) is 0 Å². The van der Waals surface area contributed by atoms with Crippen LogP contribution in [0.4, 0.5) is 13.2 Å². The van der Waals surface area contributed by atoms with E-state index in [9.17, 15) is 13.2 Å². The molecule has 0 aromatic heterocycles. The number of hydrogen-bond donors (Lipinski definition) is 0. The first-order valence-electron chi connectivity index (χ1n) is 3.13. The summed E-state index contributed by atoms with van der Waals surface area (Å²) in [7, 11) is 0. The minimum Gasteiger partial charge on any atom is -0.159 e. The standard InChI is InChI=1S/C7H9F3/c1-2-3-4-5-6-7(8,9)10/h2-4H2,1H3. The molecule has 0 bridgehead atoms. The van der Waals surface area contributed by atoms with Crippen molar-refractivity contribution < 1.29 is 13.2 Å². The summed E-state index contributed by atoms with van der Waals surface area (Å²) in [5.74, 6) is 3.26. The Balaban J connectivity index is 3.50. The van der Waals surface area contributed by atoms with E-state index in [0.29, 0.717) is 6.42 Å². The van der Waals surface area contributed by atoms with Gasteiger partial charge in [-0.2, -0.15) is 13.2 Å². The van der Waals surface area contributed by atoms with Crippen molar-refractivity contribution in [2.75, 3.05) is 0 Å². The van der Waals surface area contributed by atoms with Gasteiger partial charge in [-0.25, -0.2) is 0 Å². The summed E-state index contributed by atoms with van der Waals surface area (Å²) >= 11 is 0. The first-order chi connectivity index (χ1) is 4.56. The highest BCUT2D eigenvalue weighted by atomic mass is 19.4. The van der Waals surface area contributed by atoms with E-state index >= 15 is 0 Å². The molecule has 0 unspecified atom stereocenters. The summed E-state index contributed by atoms with van der Waals surface area (Å²) in [5, 5.41) is 0. The van der Waals surface area contributed by atoms with Gasteiger partial charge in [0.1, 0.15) is 0 Å². The molecule has 0 fully saturated rings. The van der Waals surface area contributed by atoms with Crippen molar-refractivity contribution >= 4 is 0 Å². The summed E-state index contributed by atoms with van der Waals surface area (Å²) < 4.78 is 33.9. The molecule has 0 spiro atoms. The van der Waals surface area contributed by atoms with E-state index in [1.54, 1.807) is 0 Å². The first kappa shape index (κ1) is 9.35. The van der Waals surface area contributed by atoms with E-state index in [0.717, 1.165) is 12.8 Å². The lowest BCUT2D eigenvalue weighted by molar-refractivity contribution is -0.0697. The fraction of sp³-hybridized carbons (Fsp3) is 0.714. The van der Waals surface area contributed by atoms with E-state index < -0.39 is 6.18 Å². The van der Waals surface area contributed by atoms with Gasteiger partial charge in [0.25, 0.3) is 0 Å². The number of halogens is 3. The van der Waals surface area contributed by atoms with Gasteiger partial charge >= 0.3 is 6.18 Å². The van der Waals surface area contributed by atoms with Crippen molar-refractivity contribution in [2.45, 2.75) is 32.4 Å². The van der Waals surface area contributed by atoms with Crippen LogP contribution < -0.4 is 0 Å². The lowest BCUT2D eigenvalue weighted by atomic mass is 10.2. The summed E-state index contributed by atoms with van der Waals surface area (Å²) in [6.45, 7) is 1.91. The van der Waals surface area contributed by atoms with E-state index in [1.165, 1.54) is 5.92 Å². The largest absolute Gasteiger partial charge is 0.457 e. The summed E-state index contributed by atoms with van der Waals surface area (Å²) in [6.07, 6.45) is -2.35. The molecule has 0 aliphatic rings. The van der Waals surface area contributed by atoms with Gasteiger partial charge in [-0.1, -0.05) is 19.3 Å². The van der Waals surface area contributed by atoms with Crippen LogP contribution in [0.5, 0.6) is 0 Å². The van der Waals surface area contributed by atoms with Crippen molar-refractivity contribution in [1.29, 1.82) is 0 Å². The second-order valence-electron chi connectivity index (χ2n) is 1.90. The lowest BCUT2D eigenvalue weighted by Gasteiger charge is -1.91. The molecule has 0 nitrogen and oxygen atoms in total. The van der Waals surface area contributed by atoms with Crippen molar-refractivity contribution in [1.82, 2.24) is 0 Å². The third-order valence-corrected chi connectivity index (χ3v) is 0.885. The Labute approximate surface area is 58.4 Å². The fourth-order valence-electron chi connectivity index (χ4n) is 0.428. The third-order valence-electron chi connectivity index (χ3n) is 0.885. The van der Waals surface area contributed by atoms with Gasteiger partial charge in [-0.3, -0.25) is 0 Å². The zero-order valence-corrected chi connectivity index (χ0v) is 5.76. The Kier molecular flexibility index (Phi) is 3.94. The van der Waals surface area contributed by atoms with Gasteiger partial charge in [0.05, 0.1) is 0 Å². The maximum atomic E-state index is 11.3. The smallest absolute Gasteiger partial charge is 0.159 e. The molecule has 0 heterocycles. The Hall–Kier alpha value is -0.650. The monoisotopic (exact) mass is 150 g/mol. The fourth-order valence-corrected chi connectivity index (χ4v) is 0.428. The predicted molar refractivity (Wildman–Crippen MR) is 33.4 cm³/mol. The molecule has 0 radical (unpaired) electrons. The maximum absolute atomic E-state index is 11.3. The van der Waals surface area contributed by atoms with Crippen molar-refractivity contribution in [3.63, 3.8) is 0 Å². The van der Waals surface area contributed by atoms with Crippen LogP contribution in [0, 0.1) is 11.8 Å². The van der Waals surface area contributed by atoms with Crippen molar-refractivity contribution in [3.8, 4) is 11.8 Å². The van der Waals surface area contributed by atoms with Crippen LogP contribution >= 0.6 is 0 Å². The normalized spacial score (nSPS) is 10.4. The molecular formula is C7H9F3. The molecule has 58 valence electrons. The molecule has 0 saturated heterocycles. The van der Waals surface area contributed by atoms with Crippen LogP contribution in [0.2, 0.25) is 0 Å². The highest BCUT2D eigenvalue weighted by Crippen LogP contribution is 2.11. The molecule has 0 N–H and O–H groups in total. The second kappa shape index (κ2) is 4.21. The zero-order chi connectivity index (χ0) is 8.04. The molecule has 10 heavy (non-hydrogen) atoms. The highest BCUT2D eigenvalue weighted by molar-refractivity contribution is 5.04. The third kappa shape index (κ3) is 7.35. The minimum absolute atomic E-state index is 0.343. The Bertz CT molecular complexity index is 135. The van der Waals surface area contributed by atoms with Crippen molar-refractivity contribution in [2.24, 2.45) is 0 Å². The van der Waals surface area contributed by atoms with Gasteiger partial charge in [0.2, 0.25) is 0 Å². The van der Waals surface area contributed by atoms with Crippen LogP contribution in [-0.4, -0.2) is 6.18 Å². The second-order valence-corrected chi connectivity index (χ2v) is 1.90. The molecule has 0 aromatic rings. The highest BCUT2D eigenvalue weighted by Gasteiger charge is 2.22. The van der Waals surface area contributed by atoms with Crippen LogP contribution in [0.3, 0.4) is 0 Å². The van der Waals surface area contributed by atoms with Gasteiger partial charge in [-0.05, 0) is 6.42 Å². The predicted octanol–water partition coefficient (Wildman–Crippen LogP) is 2.74. The first-order valence-corrected chi connectivity index (χ1v) is 3.13. The number of hydrogen-bond acceptors (Lipinski definition) is 0.